The normalized spacial score (nSPS) is 19.9. The van der Waals surface area contributed by atoms with Crippen LogP contribution >= 0.6 is 0 Å². The molecule has 0 saturated carbocycles. The maximum absolute atomic E-state index is 4.94. The Balaban J connectivity index is 1.96. The van der Waals surface area contributed by atoms with E-state index in [-0.39, 0.29) is 0 Å². The Labute approximate surface area is 122 Å². The molecule has 3 rings (SSSR count). The van der Waals surface area contributed by atoms with Crippen LogP contribution in [-0.4, -0.2) is 29.6 Å². The van der Waals surface area contributed by atoms with Gasteiger partial charge in [-0.25, -0.2) is 9.97 Å². The van der Waals surface area contributed by atoms with E-state index in [9.17, 15) is 0 Å². The van der Waals surface area contributed by atoms with Crippen molar-refractivity contribution in [3.63, 3.8) is 0 Å². The van der Waals surface area contributed by atoms with Crippen molar-refractivity contribution in [2.24, 2.45) is 0 Å². The number of hydrogen-bond acceptors (Lipinski definition) is 4. The molecule has 0 atom stereocenters. The highest BCUT2D eigenvalue weighted by Gasteiger charge is 2.21. The minimum atomic E-state index is 0.482. The van der Waals surface area contributed by atoms with Gasteiger partial charge in [-0.2, -0.15) is 0 Å². The standard InChI is InChI=1S/C16H26N4/c1-12(2)15-13-7-8-17-11-14(13)18-16(19-15)20-9-5-3-4-6-10-20/h12,17H,3-11H2,1-2H3. The first-order valence-electron chi connectivity index (χ1n) is 8.11. The number of aromatic nitrogens is 2. The molecule has 2 aliphatic rings. The van der Waals surface area contributed by atoms with Crippen LogP contribution in [0.1, 0.15) is 62.4 Å². The molecule has 3 heterocycles. The lowest BCUT2D eigenvalue weighted by Gasteiger charge is -2.26. The summed E-state index contributed by atoms with van der Waals surface area (Å²) in [6.07, 6.45) is 6.31. The van der Waals surface area contributed by atoms with Gasteiger partial charge in [-0.1, -0.05) is 26.7 Å². The van der Waals surface area contributed by atoms with Crippen molar-refractivity contribution in [1.29, 1.82) is 0 Å². The van der Waals surface area contributed by atoms with Crippen LogP contribution in [0.25, 0.3) is 0 Å². The third-order valence-corrected chi connectivity index (χ3v) is 4.39. The van der Waals surface area contributed by atoms with Gasteiger partial charge in [-0.15, -0.1) is 0 Å². The van der Waals surface area contributed by atoms with Crippen molar-refractivity contribution >= 4 is 5.95 Å². The summed E-state index contributed by atoms with van der Waals surface area (Å²) >= 11 is 0. The highest BCUT2D eigenvalue weighted by Crippen LogP contribution is 2.26. The fourth-order valence-corrected chi connectivity index (χ4v) is 3.26. The summed E-state index contributed by atoms with van der Waals surface area (Å²) in [4.78, 5) is 12.2. The fraction of sp³-hybridized carbons (Fsp3) is 0.750. The summed E-state index contributed by atoms with van der Waals surface area (Å²) in [5.74, 6) is 1.45. The first-order valence-corrected chi connectivity index (χ1v) is 8.11. The monoisotopic (exact) mass is 274 g/mol. The van der Waals surface area contributed by atoms with Crippen molar-refractivity contribution in [2.75, 3.05) is 24.5 Å². The summed E-state index contributed by atoms with van der Waals surface area (Å²) in [5.41, 5.74) is 3.90. The molecular weight excluding hydrogens is 248 g/mol. The zero-order chi connectivity index (χ0) is 13.9. The van der Waals surface area contributed by atoms with Crippen molar-refractivity contribution in [1.82, 2.24) is 15.3 Å². The van der Waals surface area contributed by atoms with Crippen molar-refractivity contribution in [3.05, 3.63) is 17.0 Å². The summed E-state index contributed by atoms with van der Waals surface area (Å²) in [6, 6.07) is 0. The molecule has 0 aromatic carbocycles. The Bertz CT molecular complexity index is 462. The summed E-state index contributed by atoms with van der Waals surface area (Å²) in [7, 11) is 0. The van der Waals surface area contributed by atoms with E-state index in [2.05, 4.69) is 24.1 Å². The van der Waals surface area contributed by atoms with Crippen LogP contribution < -0.4 is 10.2 Å². The lowest BCUT2D eigenvalue weighted by Crippen LogP contribution is -2.31. The Kier molecular flexibility index (Phi) is 4.20. The smallest absolute Gasteiger partial charge is 0.225 e. The van der Waals surface area contributed by atoms with Crippen LogP contribution in [0.2, 0.25) is 0 Å². The molecule has 2 aliphatic heterocycles. The average Bonchev–Trinajstić information content (AvgIpc) is 2.75. The van der Waals surface area contributed by atoms with Gasteiger partial charge in [0.15, 0.2) is 0 Å². The molecule has 0 bridgehead atoms. The fourth-order valence-electron chi connectivity index (χ4n) is 3.26. The molecule has 4 heteroatoms. The minimum Gasteiger partial charge on any atom is -0.341 e. The van der Waals surface area contributed by atoms with Crippen molar-refractivity contribution in [3.8, 4) is 0 Å². The maximum Gasteiger partial charge on any atom is 0.225 e. The Morgan fingerprint density at radius 3 is 2.50 bits per heavy atom. The quantitative estimate of drug-likeness (QED) is 0.900. The van der Waals surface area contributed by atoms with Gasteiger partial charge >= 0.3 is 0 Å². The van der Waals surface area contributed by atoms with Crippen LogP contribution in [0.5, 0.6) is 0 Å². The van der Waals surface area contributed by atoms with Gasteiger partial charge in [0, 0.05) is 19.6 Å². The molecule has 0 radical (unpaired) electrons. The van der Waals surface area contributed by atoms with Gasteiger partial charge in [0.25, 0.3) is 0 Å². The number of fused-ring (bicyclic) bond motifs is 1. The third-order valence-electron chi connectivity index (χ3n) is 4.39. The molecule has 0 unspecified atom stereocenters. The van der Waals surface area contributed by atoms with Gasteiger partial charge in [0.2, 0.25) is 5.95 Å². The van der Waals surface area contributed by atoms with Crippen LogP contribution in [0.15, 0.2) is 0 Å². The Morgan fingerprint density at radius 2 is 1.80 bits per heavy atom. The Morgan fingerprint density at radius 1 is 1.05 bits per heavy atom. The second-order valence-electron chi connectivity index (χ2n) is 6.32. The van der Waals surface area contributed by atoms with Gasteiger partial charge < -0.3 is 10.2 Å². The Hall–Kier alpha value is -1.16. The summed E-state index contributed by atoms with van der Waals surface area (Å²) in [6.45, 7) is 8.68. The lowest BCUT2D eigenvalue weighted by atomic mass is 9.97. The van der Waals surface area contributed by atoms with Crippen molar-refractivity contribution in [2.45, 2.75) is 58.4 Å². The van der Waals surface area contributed by atoms with E-state index in [1.165, 1.54) is 42.6 Å². The average molecular weight is 274 g/mol. The molecule has 20 heavy (non-hydrogen) atoms. The molecule has 110 valence electrons. The predicted octanol–water partition coefficient (Wildman–Crippen LogP) is 2.63. The first kappa shape index (κ1) is 13.8. The van der Waals surface area contributed by atoms with E-state index in [4.69, 9.17) is 9.97 Å². The molecule has 1 fully saturated rings. The first-order chi connectivity index (χ1) is 9.75. The van der Waals surface area contributed by atoms with Gasteiger partial charge in [-0.05, 0) is 37.3 Å². The van der Waals surface area contributed by atoms with Crippen molar-refractivity contribution < 1.29 is 0 Å². The molecular formula is C16H26N4. The largest absolute Gasteiger partial charge is 0.341 e. The summed E-state index contributed by atoms with van der Waals surface area (Å²) < 4.78 is 0. The molecule has 0 spiro atoms. The molecule has 0 aliphatic carbocycles. The molecule has 0 amide bonds. The number of nitrogens with zero attached hydrogens (tertiary/aromatic N) is 3. The van der Waals surface area contributed by atoms with E-state index in [0.717, 1.165) is 38.5 Å². The van der Waals surface area contributed by atoms with Crippen LogP contribution in [0.3, 0.4) is 0 Å². The number of nitrogens with one attached hydrogen (secondary N) is 1. The highest BCUT2D eigenvalue weighted by molar-refractivity contribution is 5.39. The number of hydrogen-bond donors (Lipinski definition) is 1. The third kappa shape index (κ3) is 2.80. The van der Waals surface area contributed by atoms with Gasteiger partial charge in [-0.3, -0.25) is 0 Å². The second kappa shape index (κ2) is 6.08. The van der Waals surface area contributed by atoms with E-state index < -0.39 is 0 Å². The van der Waals surface area contributed by atoms with Gasteiger partial charge in [0.1, 0.15) is 0 Å². The zero-order valence-electron chi connectivity index (χ0n) is 12.8. The van der Waals surface area contributed by atoms with E-state index in [1.807, 2.05) is 0 Å². The van der Waals surface area contributed by atoms with E-state index in [0.29, 0.717) is 5.92 Å². The lowest BCUT2D eigenvalue weighted by molar-refractivity contribution is 0.603. The van der Waals surface area contributed by atoms with Crippen LogP contribution in [0.4, 0.5) is 5.95 Å². The van der Waals surface area contributed by atoms with Crippen LogP contribution in [0, 0.1) is 0 Å². The minimum absolute atomic E-state index is 0.482. The molecule has 1 saturated heterocycles. The van der Waals surface area contributed by atoms with Crippen LogP contribution in [-0.2, 0) is 13.0 Å². The second-order valence-corrected chi connectivity index (χ2v) is 6.32. The van der Waals surface area contributed by atoms with Gasteiger partial charge in [0.05, 0.1) is 11.4 Å². The molecule has 1 aromatic rings. The van der Waals surface area contributed by atoms with E-state index in [1.54, 1.807) is 0 Å². The van der Waals surface area contributed by atoms with E-state index >= 15 is 0 Å². The molecule has 4 nitrogen and oxygen atoms in total. The highest BCUT2D eigenvalue weighted by atomic mass is 15.3. The summed E-state index contributed by atoms with van der Waals surface area (Å²) in [5, 5.41) is 3.44. The number of rotatable bonds is 2. The zero-order valence-corrected chi connectivity index (χ0v) is 12.8. The SMILES string of the molecule is CC(C)c1nc(N2CCCCCC2)nc2c1CCNC2. The predicted molar refractivity (Wildman–Crippen MR) is 82.2 cm³/mol. The maximum atomic E-state index is 4.94. The molecule has 1 N–H and O–H groups in total. The topological polar surface area (TPSA) is 41.1 Å². The number of anilines is 1. The molecule has 1 aromatic heterocycles.